The fourth-order valence-electron chi connectivity index (χ4n) is 9.97. The molecule has 0 spiro atoms. The molecule has 1 nitrogen and oxygen atoms in total. The molecule has 1 heteroatoms. The lowest BCUT2D eigenvalue weighted by molar-refractivity contribution is 0.490. The first-order valence-corrected chi connectivity index (χ1v) is 19.6. The van der Waals surface area contributed by atoms with Gasteiger partial charge in [-0.2, -0.15) is 0 Å². The molecule has 0 saturated carbocycles. The van der Waals surface area contributed by atoms with E-state index < -0.39 is 0 Å². The van der Waals surface area contributed by atoms with Crippen molar-refractivity contribution in [3.05, 3.63) is 186 Å². The third-order valence-corrected chi connectivity index (χ3v) is 12.8. The molecule has 7 aromatic rings. The Morgan fingerprint density at radius 3 is 1.11 bits per heavy atom. The fourth-order valence-corrected chi connectivity index (χ4v) is 9.97. The maximum Gasteiger partial charge on any atom is 0.0473 e. The average molecular weight is 686 g/mol. The predicted molar refractivity (Wildman–Crippen MR) is 226 cm³/mol. The summed E-state index contributed by atoms with van der Waals surface area (Å²) in [5, 5.41) is 0. The minimum atomic E-state index is 0.0150. The highest BCUT2D eigenvalue weighted by Crippen LogP contribution is 2.55. The lowest BCUT2D eigenvalue weighted by Gasteiger charge is -2.30. The zero-order valence-electron chi connectivity index (χ0n) is 31.4. The minimum Gasteiger partial charge on any atom is -0.310 e. The van der Waals surface area contributed by atoms with E-state index in [4.69, 9.17) is 0 Å². The summed E-state index contributed by atoms with van der Waals surface area (Å²) in [6.45, 7) is 9.43. The van der Waals surface area contributed by atoms with E-state index in [-0.39, 0.29) is 10.8 Å². The molecule has 53 heavy (non-hydrogen) atoms. The molecule has 0 N–H and O–H groups in total. The van der Waals surface area contributed by atoms with Crippen LogP contribution in [0.15, 0.2) is 164 Å². The summed E-state index contributed by atoms with van der Waals surface area (Å²) >= 11 is 0. The van der Waals surface area contributed by atoms with Gasteiger partial charge in [0, 0.05) is 27.9 Å². The summed E-state index contributed by atoms with van der Waals surface area (Å²) in [4.78, 5) is 2.41. The van der Waals surface area contributed by atoms with Gasteiger partial charge in [0.1, 0.15) is 0 Å². The van der Waals surface area contributed by atoms with Crippen molar-refractivity contribution in [1.82, 2.24) is 0 Å². The van der Waals surface area contributed by atoms with Crippen LogP contribution in [0.1, 0.15) is 75.6 Å². The summed E-state index contributed by atoms with van der Waals surface area (Å²) in [6, 6.07) is 61.5. The molecule has 0 amide bonds. The number of para-hydroxylation sites is 2. The summed E-state index contributed by atoms with van der Waals surface area (Å²) in [6.07, 6.45) is 4.30. The minimum absolute atomic E-state index is 0.0150. The SMILES string of the molecule is CCC1(CC)c2ccccc2-c2ccc(-c3cc(-c4ccc5c(c4)C(CC)(CC)c4ccccc4-5)cc(N(c4ccccc4)c4ccccc4)c3)cc21. The van der Waals surface area contributed by atoms with Crippen molar-refractivity contribution in [1.29, 1.82) is 0 Å². The van der Waals surface area contributed by atoms with E-state index in [1.165, 1.54) is 66.8 Å². The van der Waals surface area contributed by atoms with Gasteiger partial charge >= 0.3 is 0 Å². The molecule has 0 aromatic heterocycles. The Morgan fingerprint density at radius 2 is 0.698 bits per heavy atom. The van der Waals surface area contributed by atoms with Crippen LogP contribution >= 0.6 is 0 Å². The van der Waals surface area contributed by atoms with Gasteiger partial charge in [-0.1, -0.05) is 137 Å². The van der Waals surface area contributed by atoms with Crippen LogP contribution in [-0.2, 0) is 10.8 Å². The summed E-state index contributed by atoms with van der Waals surface area (Å²) < 4.78 is 0. The van der Waals surface area contributed by atoms with Crippen LogP contribution in [-0.4, -0.2) is 0 Å². The van der Waals surface area contributed by atoms with Crippen LogP contribution < -0.4 is 4.90 Å². The predicted octanol–water partition coefficient (Wildman–Crippen LogP) is 14.7. The summed E-state index contributed by atoms with van der Waals surface area (Å²) in [7, 11) is 0. The number of hydrogen-bond acceptors (Lipinski definition) is 1. The monoisotopic (exact) mass is 685 g/mol. The zero-order valence-corrected chi connectivity index (χ0v) is 31.4. The Balaban J connectivity index is 1.27. The molecule has 0 aliphatic heterocycles. The van der Waals surface area contributed by atoms with E-state index in [9.17, 15) is 0 Å². The van der Waals surface area contributed by atoms with Crippen LogP contribution in [0, 0.1) is 0 Å². The highest BCUT2D eigenvalue weighted by Gasteiger charge is 2.41. The second-order valence-electron chi connectivity index (χ2n) is 15.0. The molecule has 2 aliphatic rings. The first kappa shape index (κ1) is 33.2. The average Bonchev–Trinajstić information content (AvgIpc) is 3.68. The smallest absolute Gasteiger partial charge is 0.0473 e. The topological polar surface area (TPSA) is 3.24 Å². The Morgan fingerprint density at radius 1 is 0.321 bits per heavy atom. The maximum absolute atomic E-state index is 2.51. The van der Waals surface area contributed by atoms with Gasteiger partial charge in [-0.15, -0.1) is 0 Å². The maximum atomic E-state index is 2.51. The molecule has 7 aromatic carbocycles. The van der Waals surface area contributed by atoms with Crippen molar-refractivity contribution >= 4 is 17.1 Å². The highest BCUT2D eigenvalue weighted by molar-refractivity contribution is 5.90. The van der Waals surface area contributed by atoms with E-state index in [2.05, 4.69) is 196 Å². The molecule has 0 bridgehead atoms. The number of benzene rings is 7. The van der Waals surface area contributed by atoms with Gasteiger partial charge in [0.15, 0.2) is 0 Å². The molecule has 2 aliphatic carbocycles. The van der Waals surface area contributed by atoms with E-state index >= 15 is 0 Å². The molecular weight excluding hydrogens is 639 g/mol. The fraction of sp³-hybridized carbons (Fsp3) is 0.192. The van der Waals surface area contributed by atoms with Crippen molar-refractivity contribution in [2.75, 3.05) is 4.90 Å². The lowest BCUT2D eigenvalue weighted by atomic mass is 9.73. The van der Waals surface area contributed by atoms with Crippen LogP contribution in [0.2, 0.25) is 0 Å². The van der Waals surface area contributed by atoms with Crippen LogP contribution in [0.4, 0.5) is 17.1 Å². The molecule has 260 valence electrons. The van der Waals surface area contributed by atoms with Gasteiger partial charge in [-0.05, 0) is 147 Å². The third-order valence-electron chi connectivity index (χ3n) is 12.8. The van der Waals surface area contributed by atoms with Crippen molar-refractivity contribution in [3.63, 3.8) is 0 Å². The molecule has 9 rings (SSSR count). The van der Waals surface area contributed by atoms with Crippen molar-refractivity contribution < 1.29 is 0 Å². The van der Waals surface area contributed by atoms with E-state index in [0.29, 0.717) is 0 Å². The van der Waals surface area contributed by atoms with Gasteiger partial charge in [0.2, 0.25) is 0 Å². The van der Waals surface area contributed by atoms with Crippen molar-refractivity contribution in [2.45, 2.75) is 64.2 Å². The number of hydrogen-bond donors (Lipinski definition) is 0. The van der Waals surface area contributed by atoms with Gasteiger partial charge < -0.3 is 4.90 Å². The second kappa shape index (κ2) is 13.1. The van der Waals surface area contributed by atoms with Crippen LogP contribution in [0.5, 0.6) is 0 Å². The number of nitrogens with zero attached hydrogens (tertiary/aromatic N) is 1. The van der Waals surface area contributed by atoms with Crippen molar-refractivity contribution in [2.24, 2.45) is 0 Å². The first-order chi connectivity index (χ1) is 26.0. The largest absolute Gasteiger partial charge is 0.310 e. The lowest BCUT2D eigenvalue weighted by Crippen LogP contribution is -2.23. The summed E-state index contributed by atoms with van der Waals surface area (Å²) in [5.41, 5.74) is 19.9. The van der Waals surface area contributed by atoms with Crippen LogP contribution in [0.25, 0.3) is 44.5 Å². The normalized spacial score (nSPS) is 14.3. The van der Waals surface area contributed by atoms with Crippen molar-refractivity contribution in [3.8, 4) is 44.5 Å². The van der Waals surface area contributed by atoms with Gasteiger partial charge in [-0.3, -0.25) is 0 Å². The molecule has 0 radical (unpaired) electrons. The number of rotatable bonds is 9. The zero-order chi connectivity index (χ0) is 36.2. The number of fused-ring (bicyclic) bond motifs is 6. The molecule has 0 fully saturated rings. The second-order valence-corrected chi connectivity index (χ2v) is 15.0. The molecule has 0 atom stereocenters. The van der Waals surface area contributed by atoms with E-state index in [1.807, 2.05) is 0 Å². The Kier molecular flexibility index (Phi) is 8.19. The summed E-state index contributed by atoms with van der Waals surface area (Å²) in [5.74, 6) is 0. The standard InChI is InChI=1S/C52H47N/c1-5-51(6-2)47-25-17-15-23-43(47)45-29-27-36(34-49(45)51)38-31-39(33-42(32-38)53(40-19-11-9-12-20-40)41-21-13-10-14-22-41)37-28-30-46-44-24-16-18-26-48(44)52(7-3,8-4)50(46)35-37/h9-35H,5-8H2,1-4H3. The molecule has 0 heterocycles. The van der Waals surface area contributed by atoms with Crippen LogP contribution in [0.3, 0.4) is 0 Å². The Hall–Kier alpha value is -5.66. The molecular formula is C52H47N. The number of anilines is 3. The Labute approximate surface area is 315 Å². The Bertz CT molecular complexity index is 2280. The molecule has 0 saturated heterocycles. The third kappa shape index (κ3) is 5.05. The van der Waals surface area contributed by atoms with Gasteiger partial charge in [-0.25, -0.2) is 0 Å². The van der Waals surface area contributed by atoms with Gasteiger partial charge in [0.25, 0.3) is 0 Å². The molecule has 0 unspecified atom stereocenters. The highest BCUT2D eigenvalue weighted by atomic mass is 15.1. The van der Waals surface area contributed by atoms with Gasteiger partial charge in [0.05, 0.1) is 0 Å². The van der Waals surface area contributed by atoms with E-state index in [1.54, 1.807) is 0 Å². The first-order valence-electron chi connectivity index (χ1n) is 19.6. The van der Waals surface area contributed by atoms with E-state index in [0.717, 1.165) is 42.7 Å². The quantitative estimate of drug-likeness (QED) is 0.146.